The van der Waals surface area contributed by atoms with E-state index in [4.69, 9.17) is 32.4 Å². The number of oxazole rings is 1. The molecular formula is C27H22ClN5O4S. The molecule has 2 aromatic heterocycles. The van der Waals surface area contributed by atoms with E-state index in [2.05, 4.69) is 26.2 Å². The van der Waals surface area contributed by atoms with Gasteiger partial charge in [-0.1, -0.05) is 35.5 Å². The van der Waals surface area contributed by atoms with Crippen LogP contribution in [0.5, 0.6) is 5.75 Å². The Morgan fingerprint density at radius 1 is 1.08 bits per heavy atom. The van der Waals surface area contributed by atoms with Crippen LogP contribution in [0.25, 0.3) is 27.4 Å². The molecule has 0 amide bonds. The van der Waals surface area contributed by atoms with Gasteiger partial charge in [0.25, 0.3) is 0 Å². The number of thioether (sulfide) groups is 1. The van der Waals surface area contributed by atoms with Crippen LogP contribution >= 0.6 is 23.4 Å². The maximum atomic E-state index is 10.1. The lowest BCUT2D eigenvalue weighted by Gasteiger charge is -2.16. The van der Waals surface area contributed by atoms with Crippen LogP contribution in [-0.4, -0.2) is 46.5 Å². The number of aromatic nitrogens is 2. The Bertz CT molecular complexity index is 1480. The van der Waals surface area contributed by atoms with Crippen LogP contribution in [0.4, 0.5) is 11.5 Å². The normalized spacial score (nSPS) is 10.6. The molecule has 0 saturated carbocycles. The summed E-state index contributed by atoms with van der Waals surface area (Å²) in [6.07, 6.45) is 1.55. The Labute approximate surface area is 228 Å². The number of anilines is 1. The molecule has 0 aliphatic heterocycles. The van der Waals surface area contributed by atoms with Gasteiger partial charge in [0, 0.05) is 28.4 Å². The molecule has 38 heavy (non-hydrogen) atoms. The van der Waals surface area contributed by atoms with Gasteiger partial charge in [0.2, 0.25) is 11.6 Å². The summed E-state index contributed by atoms with van der Waals surface area (Å²) in [5.74, 6) is 1.63. The Morgan fingerprint density at radius 2 is 1.82 bits per heavy atom. The summed E-state index contributed by atoms with van der Waals surface area (Å²) in [6.45, 7) is 7.88. The number of hydrogen-bond donors (Lipinski definition) is 3. The van der Waals surface area contributed by atoms with Crippen molar-refractivity contribution in [3.05, 3.63) is 82.5 Å². The molecule has 0 bridgehead atoms. The number of aliphatic hydroxyl groups excluding tert-OH is 2. The summed E-state index contributed by atoms with van der Waals surface area (Å²) in [7, 11) is 0. The van der Waals surface area contributed by atoms with Crippen LogP contribution in [0, 0.1) is 17.9 Å². The minimum Gasteiger partial charge on any atom is -0.491 e. The van der Waals surface area contributed by atoms with Gasteiger partial charge >= 0.3 is 0 Å². The molecule has 4 rings (SSSR count). The predicted molar refractivity (Wildman–Crippen MR) is 145 cm³/mol. The zero-order chi connectivity index (χ0) is 26.9. The van der Waals surface area contributed by atoms with E-state index in [0.717, 1.165) is 5.56 Å². The third-order valence-corrected chi connectivity index (χ3v) is 6.53. The monoisotopic (exact) mass is 547 g/mol. The van der Waals surface area contributed by atoms with Gasteiger partial charge in [-0.05, 0) is 42.0 Å². The number of nitrogens with zero attached hydrogens (tertiary/aromatic N) is 4. The fourth-order valence-electron chi connectivity index (χ4n) is 3.57. The highest BCUT2D eigenvalue weighted by molar-refractivity contribution is 7.98. The number of rotatable bonds is 11. The molecule has 0 saturated heterocycles. The number of pyridine rings is 1. The van der Waals surface area contributed by atoms with Gasteiger partial charge in [-0.2, -0.15) is 5.26 Å². The minimum atomic E-state index is -0.153. The average Bonchev–Trinajstić information content (AvgIpc) is 3.43. The molecule has 4 aromatic rings. The minimum absolute atomic E-state index is 0.111. The quantitative estimate of drug-likeness (QED) is 0.163. The SMILES string of the molecule is [C-]#[N+]c1c(NCCO)nc(SCc2coc(-c3ccc(Cl)cc3)n2)c(C#N)c1-c1ccc(OCCO)cc1. The summed E-state index contributed by atoms with van der Waals surface area (Å²) in [5.41, 5.74) is 2.92. The molecule has 9 nitrogen and oxygen atoms in total. The summed E-state index contributed by atoms with van der Waals surface area (Å²) in [5, 5.41) is 32.5. The summed E-state index contributed by atoms with van der Waals surface area (Å²) in [4.78, 5) is 12.8. The fourth-order valence-corrected chi connectivity index (χ4v) is 4.56. The zero-order valence-corrected chi connectivity index (χ0v) is 21.6. The number of hydrogen-bond acceptors (Lipinski definition) is 9. The van der Waals surface area contributed by atoms with Gasteiger partial charge in [0.05, 0.1) is 31.0 Å². The van der Waals surface area contributed by atoms with Crippen LogP contribution in [0.1, 0.15) is 11.3 Å². The number of nitrogens with one attached hydrogen (secondary N) is 1. The topological polar surface area (TPSA) is 129 Å². The fraction of sp³-hybridized carbons (Fsp3) is 0.185. The van der Waals surface area contributed by atoms with Gasteiger partial charge in [0.1, 0.15) is 35.5 Å². The van der Waals surface area contributed by atoms with E-state index in [1.54, 1.807) is 42.7 Å². The molecule has 0 aliphatic rings. The lowest BCUT2D eigenvalue weighted by molar-refractivity contribution is 0.201. The summed E-state index contributed by atoms with van der Waals surface area (Å²) >= 11 is 7.25. The summed E-state index contributed by atoms with van der Waals surface area (Å²) in [6, 6.07) is 16.3. The van der Waals surface area contributed by atoms with Crippen molar-refractivity contribution in [3.8, 4) is 34.4 Å². The van der Waals surface area contributed by atoms with Gasteiger partial charge in [-0.3, -0.25) is 0 Å². The first-order valence-corrected chi connectivity index (χ1v) is 12.8. The Morgan fingerprint density at radius 3 is 2.47 bits per heavy atom. The lowest BCUT2D eigenvalue weighted by Crippen LogP contribution is -2.09. The molecular weight excluding hydrogens is 526 g/mol. The molecule has 0 fully saturated rings. The lowest BCUT2D eigenvalue weighted by atomic mass is 9.99. The predicted octanol–water partition coefficient (Wildman–Crippen LogP) is 5.55. The van der Waals surface area contributed by atoms with Crippen molar-refractivity contribution in [2.75, 3.05) is 31.7 Å². The van der Waals surface area contributed by atoms with Crippen LogP contribution < -0.4 is 10.1 Å². The second-order valence-corrected chi connectivity index (χ2v) is 9.17. The van der Waals surface area contributed by atoms with E-state index in [-0.39, 0.29) is 43.4 Å². The van der Waals surface area contributed by atoms with Crippen LogP contribution in [0.2, 0.25) is 5.02 Å². The molecule has 11 heteroatoms. The molecule has 0 aliphatic carbocycles. The average molecular weight is 548 g/mol. The highest BCUT2D eigenvalue weighted by Gasteiger charge is 2.22. The Kier molecular flexibility index (Phi) is 9.20. The highest BCUT2D eigenvalue weighted by atomic mass is 35.5. The number of benzene rings is 2. The van der Waals surface area contributed by atoms with Crippen molar-refractivity contribution in [1.82, 2.24) is 9.97 Å². The molecule has 0 unspecified atom stereocenters. The van der Waals surface area contributed by atoms with Crippen LogP contribution in [0.3, 0.4) is 0 Å². The van der Waals surface area contributed by atoms with E-state index in [0.29, 0.717) is 44.3 Å². The van der Waals surface area contributed by atoms with E-state index in [1.807, 2.05) is 12.1 Å². The molecule has 2 aromatic carbocycles. The van der Waals surface area contributed by atoms with E-state index < -0.39 is 0 Å². The molecule has 192 valence electrons. The first-order chi connectivity index (χ1) is 18.6. The standard InChI is InChI=1S/C27H22ClN5O4S/c1-30-24-23(17-4-8-21(9-5-17)36-13-12-35)22(14-29)27(33-25(24)31-10-11-34)38-16-20-15-37-26(32-20)18-2-6-19(28)7-3-18/h2-9,15,34-35H,10-13,16H2,(H,31,33). The third kappa shape index (κ3) is 6.25. The number of nitriles is 1. The van der Waals surface area contributed by atoms with Crippen molar-refractivity contribution < 1.29 is 19.4 Å². The smallest absolute Gasteiger partial charge is 0.237 e. The van der Waals surface area contributed by atoms with Crippen molar-refractivity contribution in [1.29, 1.82) is 5.26 Å². The highest BCUT2D eigenvalue weighted by Crippen LogP contribution is 2.43. The van der Waals surface area contributed by atoms with Crippen molar-refractivity contribution in [2.24, 2.45) is 0 Å². The molecule has 0 atom stereocenters. The largest absolute Gasteiger partial charge is 0.491 e. The van der Waals surface area contributed by atoms with Crippen LogP contribution in [-0.2, 0) is 5.75 Å². The number of halogens is 1. The van der Waals surface area contributed by atoms with Gasteiger partial charge in [0.15, 0.2) is 0 Å². The molecule has 2 heterocycles. The maximum Gasteiger partial charge on any atom is 0.237 e. The van der Waals surface area contributed by atoms with Gasteiger partial charge in [-0.15, -0.1) is 0 Å². The zero-order valence-electron chi connectivity index (χ0n) is 20.0. The van der Waals surface area contributed by atoms with E-state index >= 15 is 0 Å². The van der Waals surface area contributed by atoms with E-state index in [1.165, 1.54) is 11.8 Å². The number of aliphatic hydroxyl groups is 2. The molecule has 0 spiro atoms. The van der Waals surface area contributed by atoms with Crippen molar-refractivity contribution in [3.63, 3.8) is 0 Å². The second-order valence-electron chi connectivity index (χ2n) is 7.77. The Hall–Kier alpha value is -4.06. The van der Waals surface area contributed by atoms with E-state index in [9.17, 15) is 10.4 Å². The van der Waals surface area contributed by atoms with Crippen LogP contribution in [0.15, 0.2) is 64.2 Å². The van der Waals surface area contributed by atoms with Gasteiger partial charge < -0.3 is 24.7 Å². The van der Waals surface area contributed by atoms with Gasteiger partial charge in [-0.25, -0.2) is 14.8 Å². The van der Waals surface area contributed by atoms with Crippen molar-refractivity contribution >= 4 is 34.9 Å². The number of ether oxygens (including phenoxy) is 1. The first-order valence-electron chi connectivity index (χ1n) is 11.5. The first kappa shape index (κ1) is 27.0. The third-order valence-electron chi connectivity index (χ3n) is 5.27. The Balaban J connectivity index is 1.69. The molecule has 3 N–H and O–H groups in total. The van der Waals surface area contributed by atoms with Crippen molar-refractivity contribution in [2.45, 2.75) is 10.8 Å². The second kappa shape index (κ2) is 13.0. The maximum absolute atomic E-state index is 10.1. The molecule has 0 radical (unpaired) electrons. The summed E-state index contributed by atoms with van der Waals surface area (Å²) < 4.78 is 11.1.